The summed E-state index contributed by atoms with van der Waals surface area (Å²) in [6, 6.07) is 12.1. The minimum absolute atomic E-state index is 0.263. The molecule has 0 N–H and O–H groups in total. The molecule has 0 amide bonds. The molecule has 0 atom stereocenters. The molecule has 6 heteroatoms. The zero-order valence-electron chi connectivity index (χ0n) is 12.8. The van der Waals surface area contributed by atoms with E-state index in [0.29, 0.717) is 25.3 Å². The number of hydrogen-bond donors (Lipinski definition) is 0. The van der Waals surface area contributed by atoms with Gasteiger partial charge in [0.2, 0.25) is 10.0 Å². The molecule has 0 fully saturated rings. The first-order valence-corrected chi connectivity index (χ1v) is 8.57. The van der Waals surface area contributed by atoms with Crippen molar-refractivity contribution >= 4 is 10.0 Å². The van der Waals surface area contributed by atoms with Gasteiger partial charge >= 0.3 is 0 Å². The standard InChI is InChI=1S/C16H20N2O3S/c1-3-21-15-7-9-16(10-8-15)22(19,20)18(2)13-11-14-6-4-5-12-17-14/h4-10,12H,3,11,13H2,1-2H3. The van der Waals surface area contributed by atoms with Gasteiger partial charge in [-0.05, 0) is 43.3 Å². The first kappa shape index (κ1) is 16.5. The Hall–Kier alpha value is -1.92. The molecule has 0 aliphatic carbocycles. The monoisotopic (exact) mass is 320 g/mol. The maximum Gasteiger partial charge on any atom is 0.242 e. The van der Waals surface area contributed by atoms with Gasteiger partial charge in [0, 0.05) is 31.9 Å². The van der Waals surface area contributed by atoms with Gasteiger partial charge in [-0.15, -0.1) is 0 Å². The van der Waals surface area contributed by atoms with Crippen LogP contribution >= 0.6 is 0 Å². The molecule has 1 aromatic heterocycles. The van der Waals surface area contributed by atoms with Crippen molar-refractivity contribution in [3.8, 4) is 5.75 Å². The van der Waals surface area contributed by atoms with E-state index in [1.807, 2.05) is 25.1 Å². The topological polar surface area (TPSA) is 59.5 Å². The van der Waals surface area contributed by atoms with Crippen LogP contribution in [0.25, 0.3) is 0 Å². The van der Waals surface area contributed by atoms with Crippen molar-refractivity contribution in [1.82, 2.24) is 9.29 Å². The molecule has 118 valence electrons. The summed E-state index contributed by atoms with van der Waals surface area (Å²) >= 11 is 0. The molecule has 0 saturated heterocycles. The summed E-state index contributed by atoms with van der Waals surface area (Å²) in [5.41, 5.74) is 0.872. The van der Waals surface area contributed by atoms with Crippen LogP contribution in [0, 0.1) is 0 Å². The number of sulfonamides is 1. The molecule has 0 saturated carbocycles. The summed E-state index contributed by atoms with van der Waals surface area (Å²) in [6.45, 7) is 2.82. The van der Waals surface area contributed by atoms with Crippen molar-refractivity contribution in [2.45, 2.75) is 18.2 Å². The van der Waals surface area contributed by atoms with Gasteiger partial charge in [0.25, 0.3) is 0 Å². The minimum atomic E-state index is -3.49. The number of hydrogen-bond acceptors (Lipinski definition) is 4. The molecule has 0 radical (unpaired) electrons. The Morgan fingerprint density at radius 1 is 1.14 bits per heavy atom. The Morgan fingerprint density at radius 2 is 1.86 bits per heavy atom. The Bertz CT molecular complexity index is 685. The Morgan fingerprint density at radius 3 is 2.45 bits per heavy atom. The van der Waals surface area contributed by atoms with Gasteiger partial charge in [0.15, 0.2) is 0 Å². The third-order valence-electron chi connectivity index (χ3n) is 3.25. The second-order valence-electron chi connectivity index (χ2n) is 4.80. The van der Waals surface area contributed by atoms with E-state index in [0.717, 1.165) is 5.69 Å². The average Bonchev–Trinajstić information content (AvgIpc) is 2.54. The van der Waals surface area contributed by atoms with E-state index in [9.17, 15) is 8.42 Å². The molecule has 2 rings (SSSR count). The number of aromatic nitrogens is 1. The van der Waals surface area contributed by atoms with Gasteiger partial charge in [0.1, 0.15) is 5.75 Å². The van der Waals surface area contributed by atoms with Crippen molar-refractivity contribution in [3.05, 3.63) is 54.4 Å². The zero-order valence-corrected chi connectivity index (χ0v) is 13.6. The van der Waals surface area contributed by atoms with Crippen LogP contribution in [0.3, 0.4) is 0 Å². The number of nitrogens with zero attached hydrogens (tertiary/aromatic N) is 2. The van der Waals surface area contributed by atoms with Gasteiger partial charge in [0.05, 0.1) is 11.5 Å². The van der Waals surface area contributed by atoms with Gasteiger partial charge in [-0.2, -0.15) is 0 Å². The van der Waals surface area contributed by atoms with Crippen LogP contribution in [0.2, 0.25) is 0 Å². The summed E-state index contributed by atoms with van der Waals surface area (Å²) in [4.78, 5) is 4.46. The zero-order chi connectivity index (χ0) is 16.0. The molecule has 5 nitrogen and oxygen atoms in total. The second kappa shape index (κ2) is 7.38. The number of benzene rings is 1. The van der Waals surface area contributed by atoms with Gasteiger partial charge < -0.3 is 4.74 Å². The van der Waals surface area contributed by atoms with E-state index < -0.39 is 10.0 Å². The number of likely N-dealkylation sites (N-methyl/N-ethyl adjacent to an activating group) is 1. The third-order valence-corrected chi connectivity index (χ3v) is 5.12. The highest BCUT2D eigenvalue weighted by molar-refractivity contribution is 7.89. The average molecular weight is 320 g/mol. The van der Waals surface area contributed by atoms with Crippen LogP contribution in [0.15, 0.2) is 53.6 Å². The highest BCUT2D eigenvalue weighted by Crippen LogP contribution is 2.19. The maximum atomic E-state index is 12.5. The lowest BCUT2D eigenvalue weighted by molar-refractivity contribution is 0.340. The number of rotatable bonds is 7. The SMILES string of the molecule is CCOc1ccc(S(=O)(=O)N(C)CCc2ccccn2)cc1. The molecule has 2 aromatic rings. The molecule has 0 aliphatic heterocycles. The molecule has 22 heavy (non-hydrogen) atoms. The molecular formula is C16H20N2O3S. The minimum Gasteiger partial charge on any atom is -0.494 e. The molecule has 1 aromatic carbocycles. The molecule has 1 heterocycles. The maximum absolute atomic E-state index is 12.5. The Kier molecular flexibility index (Phi) is 5.51. The molecule has 0 aliphatic rings. The Labute approximate surface area is 131 Å². The van der Waals surface area contributed by atoms with Crippen molar-refractivity contribution in [1.29, 1.82) is 0 Å². The lowest BCUT2D eigenvalue weighted by Crippen LogP contribution is -2.29. The fourth-order valence-electron chi connectivity index (χ4n) is 1.99. The molecule has 0 bridgehead atoms. The predicted molar refractivity (Wildman–Crippen MR) is 85.4 cm³/mol. The van der Waals surface area contributed by atoms with E-state index in [-0.39, 0.29) is 4.90 Å². The summed E-state index contributed by atoms with van der Waals surface area (Å²) in [6.07, 6.45) is 2.28. The van der Waals surface area contributed by atoms with Gasteiger partial charge in [-0.25, -0.2) is 12.7 Å². The first-order valence-electron chi connectivity index (χ1n) is 7.13. The summed E-state index contributed by atoms with van der Waals surface area (Å²) < 4.78 is 31.6. The smallest absolute Gasteiger partial charge is 0.242 e. The first-order chi connectivity index (χ1) is 10.5. The fourth-order valence-corrected chi connectivity index (χ4v) is 3.16. The van der Waals surface area contributed by atoms with E-state index >= 15 is 0 Å². The van der Waals surface area contributed by atoms with Crippen LogP contribution in [-0.2, 0) is 16.4 Å². The van der Waals surface area contributed by atoms with Crippen molar-refractivity contribution in [2.24, 2.45) is 0 Å². The summed E-state index contributed by atoms with van der Waals surface area (Å²) in [5, 5.41) is 0. The molecule has 0 unspecified atom stereocenters. The van der Waals surface area contributed by atoms with E-state index in [2.05, 4.69) is 4.98 Å². The van der Waals surface area contributed by atoms with E-state index in [1.54, 1.807) is 37.5 Å². The van der Waals surface area contributed by atoms with Crippen molar-refractivity contribution < 1.29 is 13.2 Å². The van der Waals surface area contributed by atoms with E-state index in [4.69, 9.17) is 4.74 Å². The van der Waals surface area contributed by atoms with Crippen LogP contribution < -0.4 is 4.74 Å². The van der Waals surface area contributed by atoms with Gasteiger partial charge in [-0.3, -0.25) is 4.98 Å². The van der Waals surface area contributed by atoms with Crippen LogP contribution in [0.1, 0.15) is 12.6 Å². The molecular weight excluding hydrogens is 300 g/mol. The van der Waals surface area contributed by atoms with Crippen LogP contribution in [0.4, 0.5) is 0 Å². The van der Waals surface area contributed by atoms with Crippen molar-refractivity contribution in [3.63, 3.8) is 0 Å². The number of ether oxygens (including phenoxy) is 1. The predicted octanol–water partition coefficient (Wildman–Crippen LogP) is 2.34. The lowest BCUT2D eigenvalue weighted by atomic mass is 10.3. The second-order valence-corrected chi connectivity index (χ2v) is 6.85. The lowest BCUT2D eigenvalue weighted by Gasteiger charge is -2.17. The summed E-state index contributed by atoms with van der Waals surface area (Å²) in [7, 11) is -1.91. The van der Waals surface area contributed by atoms with Crippen molar-refractivity contribution in [2.75, 3.05) is 20.2 Å². The Balaban J connectivity index is 2.05. The number of pyridine rings is 1. The largest absolute Gasteiger partial charge is 0.494 e. The highest BCUT2D eigenvalue weighted by atomic mass is 32.2. The van der Waals surface area contributed by atoms with E-state index in [1.165, 1.54) is 4.31 Å². The highest BCUT2D eigenvalue weighted by Gasteiger charge is 2.20. The van der Waals surface area contributed by atoms with Gasteiger partial charge in [-0.1, -0.05) is 6.07 Å². The fraction of sp³-hybridized carbons (Fsp3) is 0.312. The molecule has 0 spiro atoms. The summed E-state index contributed by atoms with van der Waals surface area (Å²) in [5.74, 6) is 0.664. The normalized spacial score (nSPS) is 11.6. The van der Waals surface area contributed by atoms with Crippen LogP contribution in [0.5, 0.6) is 5.75 Å². The quantitative estimate of drug-likeness (QED) is 0.786. The third kappa shape index (κ3) is 4.05. The van der Waals surface area contributed by atoms with Crippen LogP contribution in [-0.4, -0.2) is 37.9 Å².